The first-order valence-corrected chi connectivity index (χ1v) is 14.0. The first-order valence-electron chi connectivity index (χ1n) is 14.0. The van der Waals surface area contributed by atoms with Crippen molar-refractivity contribution in [3.63, 3.8) is 0 Å². The zero-order valence-electron chi connectivity index (χ0n) is 23.1. The number of hydrogen-bond acceptors (Lipinski definition) is 4. The van der Waals surface area contributed by atoms with Gasteiger partial charge in [0.1, 0.15) is 5.60 Å². The minimum absolute atomic E-state index is 0.157. The summed E-state index contributed by atoms with van der Waals surface area (Å²) in [5.41, 5.74) is 4.84. The van der Waals surface area contributed by atoms with E-state index in [0.717, 1.165) is 52.0 Å². The Hall–Kier alpha value is -3.31. The molecule has 1 amide bonds. The number of hydrogen-bond donors (Lipinski definition) is 0. The maximum absolute atomic E-state index is 12.8. The van der Waals surface area contributed by atoms with Gasteiger partial charge in [0.05, 0.1) is 12.1 Å². The van der Waals surface area contributed by atoms with Crippen LogP contribution in [0.2, 0.25) is 0 Å². The van der Waals surface area contributed by atoms with Crippen LogP contribution in [0.15, 0.2) is 84.9 Å². The maximum atomic E-state index is 12.8. The summed E-state index contributed by atoms with van der Waals surface area (Å²) in [6.45, 7) is 10.4. The summed E-state index contributed by atoms with van der Waals surface area (Å²) >= 11 is 0. The van der Waals surface area contributed by atoms with Crippen LogP contribution in [0.5, 0.6) is 0 Å². The Kier molecular flexibility index (Phi) is 8.04. The molecule has 2 heterocycles. The Bertz CT molecular complexity index is 1120. The first-order chi connectivity index (χ1) is 18.3. The molecule has 2 saturated heterocycles. The molecule has 0 aromatic heterocycles. The topological polar surface area (TPSA) is 36.0 Å². The third-order valence-electron chi connectivity index (χ3n) is 7.60. The van der Waals surface area contributed by atoms with Crippen molar-refractivity contribution in [2.75, 3.05) is 24.5 Å². The van der Waals surface area contributed by atoms with Crippen molar-refractivity contribution in [3.8, 4) is 0 Å². The van der Waals surface area contributed by atoms with Gasteiger partial charge in [-0.15, -0.1) is 0 Å². The van der Waals surface area contributed by atoms with E-state index in [-0.39, 0.29) is 18.2 Å². The third kappa shape index (κ3) is 6.76. The molecule has 2 fully saturated rings. The van der Waals surface area contributed by atoms with Gasteiger partial charge >= 0.3 is 6.09 Å². The molecule has 0 saturated carbocycles. The number of fused-ring (bicyclic) bond motifs is 2. The monoisotopic (exact) mass is 511 g/mol. The molecule has 2 aliphatic heterocycles. The number of nitrogens with zero attached hydrogens (tertiary/aromatic N) is 3. The molecule has 38 heavy (non-hydrogen) atoms. The second kappa shape index (κ2) is 11.6. The van der Waals surface area contributed by atoms with Gasteiger partial charge < -0.3 is 9.64 Å². The number of carbonyl (C=O) groups is 1. The lowest BCUT2D eigenvalue weighted by molar-refractivity contribution is 0.0123. The van der Waals surface area contributed by atoms with Crippen LogP contribution in [0.4, 0.5) is 10.5 Å². The van der Waals surface area contributed by atoms with E-state index in [1.807, 2.05) is 25.7 Å². The van der Waals surface area contributed by atoms with Crippen molar-refractivity contribution in [2.24, 2.45) is 0 Å². The van der Waals surface area contributed by atoms with Crippen molar-refractivity contribution in [1.82, 2.24) is 9.80 Å². The Balaban J connectivity index is 1.19. The van der Waals surface area contributed by atoms with Gasteiger partial charge in [0.25, 0.3) is 0 Å². The lowest BCUT2D eigenvalue weighted by Gasteiger charge is -2.42. The van der Waals surface area contributed by atoms with Crippen molar-refractivity contribution < 1.29 is 9.53 Å². The molecule has 5 rings (SSSR count). The van der Waals surface area contributed by atoms with Crippen LogP contribution in [0.25, 0.3) is 0 Å². The normalized spacial score (nSPS) is 19.2. The highest BCUT2D eigenvalue weighted by Crippen LogP contribution is 2.34. The lowest BCUT2D eigenvalue weighted by Crippen LogP contribution is -2.56. The standard InChI is InChI=1S/C33H41N3O2/c1-33(2,3)38-32(37)36-30-18-19-31(36)25-35(24-30)29-16-14-26(15-17-29)20-21-34(22-27-10-6-4-7-11-27)23-28-12-8-5-9-13-28/h4-17,30-31H,18-25H2,1-3H3/t30-,31+. The number of benzene rings is 3. The smallest absolute Gasteiger partial charge is 0.410 e. The van der Waals surface area contributed by atoms with Crippen LogP contribution >= 0.6 is 0 Å². The molecule has 0 unspecified atom stereocenters. The summed E-state index contributed by atoms with van der Waals surface area (Å²) in [7, 11) is 0. The minimum atomic E-state index is -0.457. The molecule has 5 nitrogen and oxygen atoms in total. The van der Waals surface area contributed by atoms with Gasteiger partial charge in [-0.05, 0) is 68.9 Å². The third-order valence-corrected chi connectivity index (χ3v) is 7.60. The van der Waals surface area contributed by atoms with Gasteiger partial charge in [0, 0.05) is 38.4 Å². The fourth-order valence-corrected chi connectivity index (χ4v) is 5.78. The average molecular weight is 512 g/mol. The largest absolute Gasteiger partial charge is 0.444 e. The van der Waals surface area contributed by atoms with E-state index in [2.05, 4.69) is 94.7 Å². The highest BCUT2D eigenvalue weighted by atomic mass is 16.6. The zero-order chi connectivity index (χ0) is 26.5. The highest BCUT2D eigenvalue weighted by molar-refractivity contribution is 5.70. The van der Waals surface area contributed by atoms with Crippen molar-refractivity contribution in [2.45, 2.75) is 70.8 Å². The molecule has 0 spiro atoms. The summed E-state index contributed by atoms with van der Waals surface area (Å²) < 4.78 is 5.70. The van der Waals surface area contributed by atoms with Crippen molar-refractivity contribution >= 4 is 11.8 Å². The fourth-order valence-electron chi connectivity index (χ4n) is 5.78. The van der Waals surface area contributed by atoms with E-state index in [1.54, 1.807) is 0 Å². The Morgan fingerprint density at radius 1 is 0.789 bits per heavy atom. The second-order valence-electron chi connectivity index (χ2n) is 11.8. The lowest BCUT2D eigenvalue weighted by atomic mass is 10.1. The van der Waals surface area contributed by atoms with E-state index in [4.69, 9.17) is 4.74 Å². The van der Waals surface area contributed by atoms with Gasteiger partial charge in [-0.3, -0.25) is 9.80 Å². The molecule has 2 aliphatic rings. The van der Waals surface area contributed by atoms with E-state index in [9.17, 15) is 4.79 Å². The number of carbonyl (C=O) groups excluding carboxylic acids is 1. The fraction of sp³-hybridized carbons (Fsp3) is 0.424. The zero-order valence-corrected chi connectivity index (χ0v) is 23.1. The maximum Gasteiger partial charge on any atom is 0.410 e. The highest BCUT2D eigenvalue weighted by Gasteiger charge is 2.44. The van der Waals surface area contributed by atoms with Gasteiger partial charge in [0.15, 0.2) is 0 Å². The van der Waals surface area contributed by atoms with Crippen molar-refractivity contribution in [1.29, 1.82) is 0 Å². The molecule has 3 aromatic carbocycles. The van der Waals surface area contributed by atoms with Gasteiger partial charge in [0.2, 0.25) is 0 Å². The van der Waals surface area contributed by atoms with Crippen LogP contribution in [-0.4, -0.2) is 53.2 Å². The number of rotatable bonds is 8. The SMILES string of the molecule is CC(C)(C)OC(=O)N1[C@@H]2CC[C@H]1CN(c1ccc(CCN(Cc3ccccc3)Cc3ccccc3)cc1)C2. The van der Waals surface area contributed by atoms with Gasteiger partial charge in [-0.25, -0.2) is 4.79 Å². The Morgan fingerprint density at radius 3 is 1.82 bits per heavy atom. The average Bonchev–Trinajstić information content (AvgIpc) is 3.17. The second-order valence-corrected chi connectivity index (χ2v) is 11.8. The van der Waals surface area contributed by atoms with Crippen LogP contribution in [0.3, 0.4) is 0 Å². The molecule has 2 bridgehead atoms. The summed E-state index contributed by atoms with van der Waals surface area (Å²) in [5.74, 6) is 0. The van der Waals surface area contributed by atoms with E-state index in [0.29, 0.717) is 0 Å². The van der Waals surface area contributed by atoms with Crippen LogP contribution in [-0.2, 0) is 24.2 Å². The number of amides is 1. The number of ether oxygens (including phenoxy) is 1. The summed E-state index contributed by atoms with van der Waals surface area (Å²) in [5, 5.41) is 0. The Labute approximate surface area is 228 Å². The number of anilines is 1. The van der Waals surface area contributed by atoms with Crippen LogP contribution in [0, 0.1) is 0 Å². The van der Waals surface area contributed by atoms with Crippen LogP contribution in [0.1, 0.15) is 50.3 Å². The minimum Gasteiger partial charge on any atom is -0.444 e. The number of piperazine rings is 1. The van der Waals surface area contributed by atoms with E-state index >= 15 is 0 Å². The predicted molar refractivity (Wildman–Crippen MR) is 154 cm³/mol. The molecule has 0 aliphatic carbocycles. The molecule has 3 aromatic rings. The van der Waals surface area contributed by atoms with Gasteiger partial charge in [-0.1, -0.05) is 72.8 Å². The molecule has 0 N–H and O–H groups in total. The summed E-state index contributed by atoms with van der Waals surface area (Å²) in [6, 6.07) is 31.0. The summed E-state index contributed by atoms with van der Waals surface area (Å²) in [4.78, 5) is 19.8. The quantitative estimate of drug-likeness (QED) is 0.345. The van der Waals surface area contributed by atoms with E-state index < -0.39 is 5.60 Å². The van der Waals surface area contributed by atoms with Crippen LogP contribution < -0.4 is 4.90 Å². The first kappa shape index (κ1) is 26.3. The predicted octanol–water partition coefficient (Wildman–Crippen LogP) is 6.52. The molecule has 200 valence electrons. The summed E-state index contributed by atoms with van der Waals surface area (Å²) in [6.07, 6.45) is 2.96. The molecular weight excluding hydrogens is 470 g/mol. The Morgan fingerprint density at radius 2 is 1.32 bits per heavy atom. The molecular formula is C33H41N3O2. The van der Waals surface area contributed by atoms with Gasteiger partial charge in [-0.2, -0.15) is 0 Å². The molecule has 0 radical (unpaired) electrons. The van der Waals surface area contributed by atoms with Crippen molar-refractivity contribution in [3.05, 3.63) is 102 Å². The van der Waals surface area contributed by atoms with E-state index in [1.165, 1.54) is 22.4 Å². The molecule has 2 atom stereocenters. The molecule has 5 heteroatoms.